The fourth-order valence-corrected chi connectivity index (χ4v) is 5.78. The second-order valence-electron chi connectivity index (χ2n) is 8.31. The van der Waals surface area contributed by atoms with Crippen molar-refractivity contribution in [2.75, 3.05) is 31.2 Å². The SMILES string of the molecule is CC1CCc2c(sc3nc(C(C#N)=Cc4ccc(N5CCOCC5)cc4)[nH]c(=O)c23)C1. The van der Waals surface area contributed by atoms with Gasteiger partial charge >= 0.3 is 0 Å². The van der Waals surface area contributed by atoms with Crippen molar-refractivity contribution in [1.82, 2.24) is 9.97 Å². The van der Waals surface area contributed by atoms with Gasteiger partial charge in [-0.25, -0.2) is 4.98 Å². The van der Waals surface area contributed by atoms with E-state index in [1.165, 1.54) is 4.88 Å². The van der Waals surface area contributed by atoms with Crippen LogP contribution < -0.4 is 10.5 Å². The molecule has 7 heteroatoms. The number of hydrogen-bond donors (Lipinski definition) is 1. The van der Waals surface area contributed by atoms with Crippen LogP contribution in [0.1, 0.15) is 35.2 Å². The Balaban J connectivity index is 1.47. The summed E-state index contributed by atoms with van der Waals surface area (Å²) in [7, 11) is 0. The van der Waals surface area contributed by atoms with Crippen molar-refractivity contribution in [2.24, 2.45) is 5.92 Å². The van der Waals surface area contributed by atoms with Gasteiger partial charge in [0.25, 0.3) is 5.56 Å². The highest BCUT2D eigenvalue weighted by atomic mass is 32.1. The zero-order chi connectivity index (χ0) is 21.4. The molecule has 1 aliphatic carbocycles. The summed E-state index contributed by atoms with van der Waals surface area (Å²) in [5, 5.41) is 10.5. The second kappa shape index (κ2) is 8.29. The lowest BCUT2D eigenvalue weighted by Crippen LogP contribution is -2.36. The van der Waals surface area contributed by atoms with Crippen molar-refractivity contribution in [1.29, 1.82) is 5.26 Å². The number of nitrogens with zero attached hydrogens (tertiary/aromatic N) is 3. The molecular weight excluding hydrogens is 408 g/mol. The Morgan fingerprint density at radius 1 is 1.32 bits per heavy atom. The molecule has 158 valence electrons. The third-order valence-electron chi connectivity index (χ3n) is 6.12. The van der Waals surface area contributed by atoms with Crippen molar-refractivity contribution in [3.63, 3.8) is 0 Å². The van der Waals surface area contributed by atoms with Crippen LogP contribution in [0.4, 0.5) is 5.69 Å². The minimum absolute atomic E-state index is 0.143. The van der Waals surface area contributed by atoms with Gasteiger partial charge < -0.3 is 14.6 Å². The van der Waals surface area contributed by atoms with Gasteiger partial charge in [0.2, 0.25) is 0 Å². The van der Waals surface area contributed by atoms with E-state index in [0.29, 0.717) is 22.7 Å². The molecule has 0 spiro atoms. The lowest BCUT2D eigenvalue weighted by molar-refractivity contribution is 0.122. The Morgan fingerprint density at radius 2 is 2.10 bits per heavy atom. The number of aromatic nitrogens is 2. The molecule has 6 nitrogen and oxygen atoms in total. The molecule has 1 saturated heterocycles. The standard InChI is InChI=1S/C24H24N4O2S/c1-15-2-7-19-20(12-15)31-24-21(19)23(29)26-22(27-24)17(14-25)13-16-3-5-18(6-4-16)28-8-10-30-11-9-28/h3-6,13,15H,2,7-12H2,1H3,(H,26,27,29). The maximum atomic E-state index is 12.9. The highest BCUT2D eigenvalue weighted by Gasteiger charge is 2.23. The number of nitrogens with one attached hydrogen (secondary N) is 1. The van der Waals surface area contributed by atoms with Crippen LogP contribution in [-0.2, 0) is 17.6 Å². The van der Waals surface area contributed by atoms with Crippen LogP contribution in [-0.4, -0.2) is 36.3 Å². The summed E-state index contributed by atoms with van der Waals surface area (Å²) in [5.74, 6) is 0.970. The van der Waals surface area contributed by atoms with Crippen LogP contribution in [0.5, 0.6) is 0 Å². The summed E-state index contributed by atoms with van der Waals surface area (Å²) in [6.45, 7) is 5.50. The lowest BCUT2D eigenvalue weighted by Gasteiger charge is -2.28. The van der Waals surface area contributed by atoms with Gasteiger partial charge in [-0.2, -0.15) is 5.26 Å². The van der Waals surface area contributed by atoms with Crippen LogP contribution in [0.2, 0.25) is 0 Å². The molecule has 2 aromatic heterocycles. The predicted molar refractivity (Wildman–Crippen MR) is 124 cm³/mol. The number of ether oxygens (including phenoxy) is 1. The second-order valence-corrected chi connectivity index (χ2v) is 9.39. The van der Waals surface area contributed by atoms with E-state index < -0.39 is 0 Å². The number of allylic oxidation sites excluding steroid dienone is 1. The maximum absolute atomic E-state index is 12.9. The van der Waals surface area contributed by atoms with Gasteiger partial charge in [-0.15, -0.1) is 11.3 Å². The summed E-state index contributed by atoms with van der Waals surface area (Å²) in [4.78, 5) is 24.7. The third-order valence-corrected chi connectivity index (χ3v) is 7.27. The summed E-state index contributed by atoms with van der Waals surface area (Å²) in [6.07, 6.45) is 4.81. The number of nitriles is 1. The Hall–Kier alpha value is -2.95. The number of benzene rings is 1. The first-order chi connectivity index (χ1) is 15.1. The molecule has 3 heterocycles. The van der Waals surface area contributed by atoms with E-state index >= 15 is 0 Å². The van der Waals surface area contributed by atoms with Crippen molar-refractivity contribution < 1.29 is 4.74 Å². The predicted octanol–water partition coefficient (Wildman–Crippen LogP) is 4.01. The normalized spacial score (nSPS) is 19.3. The van der Waals surface area contributed by atoms with E-state index in [-0.39, 0.29) is 5.56 Å². The zero-order valence-corrected chi connectivity index (χ0v) is 18.3. The number of rotatable bonds is 3. The number of aryl methyl sites for hydroxylation is 1. The van der Waals surface area contributed by atoms with Gasteiger partial charge in [0, 0.05) is 23.7 Å². The summed E-state index contributed by atoms with van der Waals surface area (Å²) in [6, 6.07) is 10.3. The Kier molecular flexibility index (Phi) is 5.34. The van der Waals surface area contributed by atoms with E-state index in [1.807, 2.05) is 12.1 Å². The minimum Gasteiger partial charge on any atom is -0.378 e. The number of thiophene rings is 1. The molecule has 0 amide bonds. The molecule has 2 aliphatic rings. The molecule has 0 radical (unpaired) electrons. The first-order valence-electron chi connectivity index (χ1n) is 10.7. The highest BCUT2D eigenvalue weighted by molar-refractivity contribution is 7.18. The van der Waals surface area contributed by atoms with Gasteiger partial charge in [0.05, 0.1) is 24.2 Å². The molecule has 0 saturated carbocycles. The fourth-order valence-electron chi connectivity index (χ4n) is 4.40. The Bertz CT molecular complexity index is 1240. The molecule has 3 aromatic rings. The maximum Gasteiger partial charge on any atom is 0.260 e. The van der Waals surface area contributed by atoms with Crippen molar-refractivity contribution in [3.05, 3.63) is 56.4 Å². The molecule has 1 aromatic carbocycles. The number of aromatic amines is 1. The van der Waals surface area contributed by atoms with Crippen molar-refractivity contribution in [3.8, 4) is 6.07 Å². The van der Waals surface area contributed by atoms with E-state index in [2.05, 4.69) is 40.0 Å². The monoisotopic (exact) mass is 432 g/mol. The molecular formula is C24H24N4O2S. The first-order valence-corrected chi connectivity index (χ1v) is 11.5. The molecule has 5 rings (SSSR count). The van der Waals surface area contributed by atoms with Crippen LogP contribution >= 0.6 is 11.3 Å². The summed E-state index contributed by atoms with van der Waals surface area (Å²) in [5.41, 5.74) is 3.41. The number of morpholine rings is 1. The minimum atomic E-state index is -0.143. The smallest absolute Gasteiger partial charge is 0.260 e. The summed E-state index contributed by atoms with van der Waals surface area (Å²) < 4.78 is 5.41. The summed E-state index contributed by atoms with van der Waals surface area (Å²) >= 11 is 1.60. The lowest BCUT2D eigenvalue weighted by atomic mass is 9.89. The van der Waals surface area contributed by atoms with Crippen LogP contribution in [0.25, 0.3) is 21.9 Å². The van der Waals surface area contributed by atoms with Crippen molar-refractivity contribution >= 4 is 38.9 Å². The van der Waals surface area contributed by atoms with Crippen LogP contribution in [0.15, 0.2) is 29.1 Å². The molecule has 0 bridgehead atoms. The fraction of sp³-hybridized carbons (Fsp3) is 0.375. The Labute approximate surface area is 184 Å². The number of anilines is 1. The number of fused-ring (bicyclic) bond motifs is 3. The average molecular weight is 433 g/mol. The van der Waals surface area contributed by atoms with Gasteiger partial charge in [0.1, 0.15) is 10.9 Å². The largest absolute Gasteiger partial charge is 0.378 e. The Morgan fingerprint density at radius 3 is 2.84 bits per heavy atom. The highest BCUT2D eigenvalue weighted by Crippen LogP contribution is 2.36. The first kappa shape index (κ1) is 20.0. The van der Waals surface area contributed by atoms with Crippen LogP contribution in [0.3, 0.4) is 0 Å². The van der Waals surface area contributed by atoms with E-state index in [1.54, 1.807) is 17.4 Å². The van der Waals surface area contributed by atoms with E-state index in [9.17, 15) is 10.1 Å². The molecule has 1 aliphatic heterocycles. The molecule has 1 atom stereocenters. The zero-order valence-electron chi connectivity index (χ0n) is 17.5. The van der Waals surface area contributed by atoms with Gasteiger partial charge in [-0.3, -0.25) is 4.79 Å². The van der Waals surface area contributed by atoms with Gasteiger partial charge in [0.15, 0.2) is 5.82 Å². The quantitative estimate of drug-likeness (QED) is 0.633. The average Bonchev–Trinajstić information content (AvgIpc) is 3.16. The molecule has 1 unspecified atom stereocenters. The van der Waals surface area contributed by atoms with E-state index in [4.69, 9.17) is 4.74 Å². The molecule has 1 fully saturated rings. The van der Waals surface area contributed by atoms with Crippen LogP contribution in [0, 0.1) is 17.2 Å². The molecule has 31 heavy (non-hydrogen) atoms. The van der Waals surface area contributed by atoms with Gasteiger partial charge in [-0.1, -0.05) is 19.1 Å². The van der Waals surface area contributed by atoms with Gasteiger partial charge in [-0.05, 0) is 54.5 Å². The van der Waals surface area contributed by atoms with Crippen molar-refractivity contribution in [2.45, 2.75) is 26.2 Å². The van der Waals surface area contributed by atoms with E-state index in [0.717, 1.165) is 67.2 Å². The number of hydrogen-bond acceptors (Lipinski definition) is 6. The number of H-pyrrole nitrogens is 1. The molecule has 1 N–H and O–H groups in total. The third kappa shape index (κ3) is 3.89. The topological polar surface area (TPSA) is 82.0 Å².